The summed E-state index contributed by atoms with van der Waals surface area (Å²) in [6.45, 7) is 0. The zero-order valence-corrected chi connectivity index (χ0v) is 12.1. The minimum absolute atomic E-state index is 0.750. The molecular weight excluding hydrogens is 264 g/mol. The van der Waals surface area contributed by atoms with Crippen LogP contribution < -0.4 is 14.8 Å². The molecule has 0 amide bonds. The molecule has 0 unspecified atom stereocenters. The van der Waals surface area contributed by atoms with E-state index in [9.17, 15) is 0 Å². The van der Waals surface area contributed by atoms with Gasteiger partial charge in [0.25, 0.3) is 0 Å². The Morgan fingerprint density at radius 3 is 2.33 bits per heavy atom. The Balaban J connectivity index is 1.98. The average Bonchev–Trinajstić information content (AvgIpc) is 2.55. The molecular formula is C17H18N2O2. The maximum absolute atomic E-state index is 5.26. The molecule has 4 nitrogen and oxygen atoms in total. The Bertz CT molecular complexity index is 636. The summed E-state index contributed by atoms with van der Waals surface area (Å²) in [4.78, 5) is 4.34. The van der Waals surface area contributed by atoms with Gasteiger partial charge in [0.1, 0.15) is 17.2 Å². The molecule has 0 atom stereocenters. The first-order valence-electron chi connectivity index (χ1n) is 6.57. The Morgan fingerprint density at radius 2 is 1.57 bits per heavy atom. The van der Waals surface area contributed by atoms with E-state index < -0.39 is 0 Å². The van der Waals surface area contributed by atoms with Gasteiger partial charge < -0.3 is 14.8 Å². The minimum Gasteiger partial charge on any atom is -0.495 e. The summed E-state index contributed by atoms with van der Waals surface area (Å²) in [6.07, 6.45) is 5.33. The van der Waals surface area contributed by atoms with Crippen LogP contribution >= 0.6 is 0 Å². The van der Waals surface area contributed by atoms with Crippen LogP contribution in [0.1, 0.15) is 0 Å². The number of hydrogen-bond acceptors (Lipinski definition) is 4. The van der Waals surface area contributed by atoms with Crippen molar-refractivity contribution in [2.24, 2.45) is 4.99 Å². The number of nitrogens with zero attached hydrogens (tertiary/aromatic N) is 1. The zero-order valence-electron chi connectivity index (χ0n) is 12.1. The predicted molar refractivity (Wildman–Crippen MR) is 86.9 cm³/mol. The lowest BCUT2D eigenvalue weighted by molar-refractivity contribution is 0.416. The smallest absolute Gasteiger partial charge is 0.144 e. The maximum Gasteiger partial charge on any atom is 0.144 e. The molecule has 0 bridgehead atoms. The molecule has 1 N–H and O–H groups in total. The Labute approximate surface area is 124 Å². The molecule has 2 rings (SSSR count). The normalized spacial score (nSPS) is 11.0. The van der Waals surface area contributed by atoms with Gasteiger partial charge in [0.05, 0.1) is 19.9 Å². The van der Waals surface area contributed by atoms with Gasteiger partial charge in [-0.05, 0) is 30.3 Å². The lowest BCUT2D eigenvalue weighted by Gasteiger charge is -2.06. The van der Waals surface area contributed by atoms with Crippen molar-refractivity contribution < 1.29 is 9.47 Å². The van der Waals surface area contributed by atoms with Crippen molar-refractivity contribution >= 4 is 17.6 Å². The van der Waals surface area contributed by atoms with Crippen LogP contribution in [0.2, 0.25) is 0 Å². The number of methoxy groups -OCH3 is 2. The molecule has 0 aliphatic heterocycles. The number of para-hydroxylation sites is 4. The number of benzene rings is 2. The van der Waals surface area contributed by atoms with Gasteiger partial charge in [0.2, 0.25) is 0 Å². The van der Waals surface area contributed by atoms with Crippen molar-refractivity contribution in [3.63, 3.8) is 0 Å². The molecule has 0 aliphatic carbocycles. The number of hydrogen-bond donors (Lipinski definition) is 1. The Hall–Kier alpha value is -2.75. The maximum atomic E-state index is 5.26. The number of rotatable bonds is 6. The lowest BCUT2D eigenvalue weighted by atomic mass is 10.3. The molecule has 108 valence electrons. The van der Waals surface area contributed by atoms with E-state index in [1.165, 1.54) is 0 Å². The van der Waals surface area contributed by atoms with E-state index in [1.54, 1.807) is 26.6 Å². The van der Waals surface area contributed by atoms with E-state index in [-0.39, 0.29) is 0 Å². The van der Waals surface area contributed by atoms with E-state index in [0.29, 0.717) is 0 Å². The monoisotopic (exact) mass is 282 g/mol. The van der Waals surface area contributed by atoms with Crippen LogP contribution in [0.25, 0.3) is 0 Å². The summed E-state index contributed by atoms with van der Waals surface area (Å²) in [5.74, 6) is 1.55. The molecule has 2 aromatic carbocycles. The molecule has 0 aromatic heterocycles. The second-order valence-electron chi connectivity index (χ2n) is 4.15. The first-order chi connectivity index (χ1) is 10.3. The van der Waals surface area contributed by atoms with E-state index in [1.807, 2.05) is 54.6 Å². The standard InChI is InChI=1S/C17H18N2O2/c1-20-16-10-5-3-8-14(16)18-12-7-13-19-15-9-4-6-11-17(15)21-2/h3-13,18H,1-2H3/b12-7-,19-13?. The first kappa shape index (κ1) is 14.7. The van der Waals surface area contributed by atoms with Crippen molar-refractivity contribution in [2.75, 3.05) is 19.5 Å². The van der Waals surface area contributed by atoms with Gasteiger partial charge in [0, 0.05) is 12.4 Å². The van der Waals surface area contributed by atoms with Crippen LogP contribution in [0, 0.1) is 0 Å². The summed E-state index contributed by atoms with van der Waals surface area (Å²) >= 11 is 0. The second-order valence-corrected chi connectivity index (χ2v) is 4.15. The lowest BCUT2D eigenvalue weighted by Crippen LogP contribution is -1.92. The van der Waals surface area contributed by atoms with Crippen LogP contribution in [0.3, 0.4) is 0 Å². The molecule has 0 saturated carbocycles. The number of nitrogens with one attached hydrogen (secondary N) is 1. The fourth-order valence-electron chi connectivity index (χ4n) is 1.80. The molecule has 0 spiro atoms. The van der Waals surface area contributed by atoms with E-state index in [4.69, 9.17) is 9.47 Å². The highest BCUT2D eigenvalue weighted by molar-refractivity contribution is 5.76. The predicted octanol–water partition coefficient (Wildman–Crippen LogP) is 4.03. The Morgan fingerprint density at radius 1 is 0.905 bits per heavy atom. The highest BCUT2D eigenvalue weighted by Gasteiger charge is 1.98. The van der Waals surface area contributed by atoms with Crippen molar-refractivity contribution in [2.45, 2.75) is 0 Å². The largest absolute Gasteiger partial charge is 0.495 e. The van der Waals surface area contributed by atoms with Gasteiger partial charge in [-0.15, -0.1) is 0 Å². The third kappa shape index (κ3) is 4.11. The first-order valence-corrected chi connectivity index (χ1v) is 6.57. The molecule has 0 radical (unpaired) electrons. The van der Waals surface area contributed by atoms with Crippen LogP contribution in [-0.2, 0) is 0 Å². The fourth-order valence-corrected chi connectivity index (χ4v) is 1.80. The average molecular weight is 282 g/mol. The number of allylic oxidation sites excluding steroid dienone is 1. The van der Waals surface area contributed by atoms with Gasteiger partial charge in [-0.3, -0.25) is 4.99 Å². The minimum atomic E-state index is 0.750. The van der Waals surface area contributed by atoms with Gasteiger partial charge >= 0.3 is 0 Å². The van der Waals surface area contributed by atoms with Gasteiger partial charge in [0.15, 0.2) is 0 Å². The highest BCUT2D eigenvalue weighted by Crippen LogP contribution is 2.25. The second kappa shape index (κ2) is 7.75. The summed E-state index contributed by atoms with van der Waals surface area (Å²) in [6, 6.07) is 15.3. The van der Waals surface area contributed by atoms with Crippen molar-refractivity contribution in [1.29, 1.82) is 0 Å². The molecule has 4 heteroatoms. The van der Waals surface area contributed by atoms with E-state index >= 15 is 0 Å². The topological polar surface area (TPSA) is 42.8 Å². The van der Waals surface area contributed by atoms with Gasteiger partial charge in [-0.2, -0.15) is 0 Å². The van der Waals surface area contributed by atoms with Crippen LogP contribution in [0.4, 0.5) is 11.4 Å². The van der Waals surface area contributed by atoms with Crippen molar-refractivity contribution in [3.8, 4) is 11.5 Å². The number of aliphatic imine (C=N–C) groups is 1. The molecule has 21 heavy (non-hydrogen) atoms. The zero-order chi connectivity index (χ0) is 14.9. The van der Waals surface area contributed by atoms with Gasteiger partial charge in [-0.25, -0.2) is 0 Å². The van der Waals surface area contributed by atoms with Crippen LogP contribution in [0.5, 0.6) is 11.5 Å². The third-order valence-electron chi connectivity index (χ3n) is 2.83. The molecule has 2 aromatic rings. The molecule has 0 heterocycles. The quantitative estimate of drug-likeness (QED) is 0.813. The molecule has 0 fully saturated rings. The number of anilines is 1. The number of ether oxygens (including phenoxy) is 2. The SMILES string of the molecule is COc1ccccc1N=C/C=C\Nc1ccccc1OC. The van der Waals surface area contributed by atoms with E-state index in [0.717, 1.165) is 22.9 Å². The molecule has 0 saturated heterocycles. The summed E-state index contributed by atoms with van der Waals surface area (Å²) in [5, 5.41) is 3.15. The fraction of sp³-hybridized carbons (Fsp3) is 0.118. The highest BCUT2D eigenvalue weighted by atomic mass is 16.5. The molecule has 0 aliphatic rings. The van der Waals surface area contributed by atoms with Crippen molar-refractivity contribution in [3.05, 3.63) is 60.8 Å². The Kier molecular flexibility index (Phi) is 5.41. The van der Waals surface area contributed by atoms with Crippen molar-refractivity contribution in [1.82, 2.24) is 0 Å². The van der Waals surface area contributed by atoms with E-state index in [2.05, 4.69) is 10.3 Å². The summed E-state index contributed by atoms with van der Waals surface area (Å²) in [5.41, 5.74) is 1.70. The van der Waals surface area contributed by atoms with Crippen LogP contribution in [0.15, 0.2) is 65.8 Å². The third-order valence-corrected chi connectivity index (χ3v) is 2.83. The summed E-state index contributed by atoms with van der Waals surface area (Å²) < 4.78 is 10.5. The van der Waals surface area contributed by atoms with Gasteiger partial charge in [-0.1, -0.05) is 24.3 Å². The van der Waals surface area contributed by atoms with Crippen LogP contribution in [-0.4, -0.2) is 20.4 Å². The summed E-state index contributed by atoms with van der Waals surface area (Å²) in [7, 11) is 3.28.